The molecule has 2 heterocycles. The molecule has 2 aromatic heterocycles. The molecule has 1 N–H and O–H groups in total. The number of hydrogen-bond acceptors (Lipinski definition) is 4. The van der Waals surface area contributed by atoms with E-state index in [0.29, 0.717) is 25.3 Å². The lowest BCUT2D eigenvalue weighted by molar-refractivity contribution is 0.0951. The van der Waals surface area contributed by atoms with Gasteiger partial charge in [-0.15, -0.1) is 0 Å². The lowest BCUT2D eigenvalue weighted by atomic mass is 10.3. The van der Waals surface area contributed by atoms with Crippen LogP contribution in [0.5, 0.6) is 0 Å². The van der Waals surface area contributed by atoms with E-state index in [4.69, 9.17) is 9.15 Å². The van der Waals surface area contributed by atoms with E-state index >= 15 is 0 Å². The van der Waals surface area contributed by atoms with Gasteiger partial charge in [0.15, 0.2) is 0 Å². The number of ether oxygens (including phenoxy) is 1. The first-order valence-electron chi connectivity index (χ1n) is 6.02. The number of aromatic nitrogens is 2. The van der Waals surface area contributed by atoms with Gasteiger partial charge in [0.2, 0.25) is 0 Å². The van der Waals surface area contributed by atoms with Gasteiger partial charge in [-0.1, -0.05) is 0 Å². The molecule has 1 amide bonds. The number of nitrogens with one attached hydrogen (secondary N) is 1. The van der Waals surface area contributed by atoms with Crippen LogP contribution in [0.25, 0.3) is 0 Å². The van der Waals surface area contributed by atoms with Gasteiger partial charge in [0.05, 0.1) is 11.8 Å². The monoisotopic (exact) mass is 263 g/mol. The summed E-state index contributed by atoms with van der Waals surface area (Å²) in [6, 6.07) is 1.63. The van der Waals surface area contributed by atoms with E-state index in [1.807, 2.05) is 11.5 Å². The van der Waals surface area contributed by atoms with Crippen LogP contribution in [0, 0.1) is 6.92 Å². The van der Waals surface area contributed by atoms with Crippen molar-refractivity contribution in [3.05, 3.63) is 41.9 Å². The Labute approximate surface area is 111 Å². The molecule has 0 aliphatic carbocycles. The van der Waals surface area contributed by atoms with Gasteiger partial charge >= 0.3 is 0 Å². The van der Waals surface area contributed by atoms with Crippen molar-refractivity contribution in [3.8, 4) is 0 Å². The second kappa shape index (κ2) is 6.19. The maximum absolute atomic E-state index is 11.7. The minimum absolute atomic E-state index is 0.139. The third-order valence-corrected chi connectivity index (χ3v) is 2.82. The zero-order valence-corrected chi connectivity index (χ0v) is 11.0. The number of carbonyl (C=O) groups is 1. The first-order chi connectivity index (χ1) is 9.22. The Morgan fingerprint density at radius 3 is 3.11 bits per heavy atom. The fourth-order valence-corrected chi connectivity index (χ4v) is 1.84. The lowest BCUT2D eigenvalue weighted by Crippen LogP contribution is -2.27. The average molecular weight is 263 g/mol. The van der Waals surface area contributed by atoms with Crippen molar-refractivity contribution >= 4 is 5.91 Å². The highest BCUT2D eigenvalue weighted by atomic mass is 16.5. The second-order valence-corrected chi connectivity index (χ2v) is 4.17. The van der Waals surface area contributed by atoms with Gasteiger partial charge in [-0.2, -0.15) is 0 Å². The van der Waals surface area contributed by atoms with E-state index in [0.717, 1.165) is 11.5 Å². The van der Waals surface area contributed by atoms with Crippen LogP contribution in [0.3, 0.4) is 0 Å². The smallest absolute Gasteiger partial charge is 0.254 e. The summed E-state index contributed by atoms with van der Waals surface area (Å²) in [5, 5.41) is 2.83. The zero-order chi connectivity index (χ0) is 13.7. The standard InChI is InChI=1S/C13H17N3O3/c1-10-7-15-12(9-18-2)16(10)5-4-14-13(17)11-3-6-19-8-11/h3,6-8H,4-5,9H2,1-2H3,(H,14,17). The van der Waals surface area contributed by atoms with Crippen molar-refractivity contribution in [1.29, 1.82) is 0 Å². The molecule has 19 heavy (non-hydrogen) atoms. The number of nitrogens with zero attached hydrogens (tertiary/aromatic N) is 2. The average Bonchev–Trinajstić information content (AvgIpc) is 3.03. The Hall–Kier alpha value is -2.08. The summed E-state index contributed by atoms with van der Waals surface area (Å²) in [6.07, 6.45) is 4.70. The lowest BCUT2D eigenvalue weighted by Gasteiger charge is -2.10. The number of furan rings is 1. The maximum atomic E-state index is 11.7. The van der Waals surface area contributed by atoms with Crippen LogP contribution in [0.4, 0.5) is 0 Å². The molecule has 0 saturated carbocycles. The number of rotatable bonds is 6. The van der Waals surface area contributed by atoms with Crippen LogP contribution < -0.4 is 5.32 Å². The highest BCUT2D eigenvalue weighted by Gasteiger charge is 2.08. The van der Waals surface area contributed by atoms with Gasteiger partial charge in [-0.25, -0.2) is 4.98 Å². The van der Waals surface area contributed by atoms with Crippen molar-refractivity contribution in [1.82, 2.24) is 14.9 Å². The first kappa shape index (κ1) is 13.4. The van der Waals surface area contributed by atoms with Gasteiger partial charge in [0, 0.05) is 32.1 Å². The summed E-state index contributed by atoms with van der Waals surface area (Å²) in [5.41, 5.74) is 1.57. The van der Waals surface area contributed by atoms with E-state index in [1.54, 1.807) is 19.4 Å². The zero-order valence-electron chi connectivity index (χ0n) is 11.0. The van der Waals surface area contributed by atoms with Crippen LogP contribution in [-0.2, 0) is 17.9 Å². The molecular formula is C13H17N3O3. The molecule has 0 unspecified atom stereocenters. The Balaban J connectivity index is 1.89. The predicted molar refractivity (Wildman–Crippen MR) is 68.7 cm³/mol. The fourth-order valence-electron chi connectivity index (χ4n) is 1.84. The molecule has 6 nitrogen and oxygen atoms in total. The van der Waals surface area contributed by atoms with Crippen molar-refractivity contribution in [2.24, 2.45) is 0 Å². The molecule has 0 bridgehead atoms. The van der Waals surface area contributed by atoms with E-state index < -0.39 is 0 Å². The summed E-state index contributed by atoms with van der Waals surface area (Å²) < 4.78 is 12.0. The largest absolute Gasteiger partial charge is 0.472 e. The van der Waals surface area contributed by atoms with E-state index in [1.165, 1.54) is 12.5 Å². The maximum Gasteiger partial charge on any atom is 0.254 e. The molecule has 102 valence electrons. The Kier molecular flexibility index (Phi) is 4.35. The van der Waals surface area contributed by atoms with Crippen LogP contribution in [0.2, 0.25) is 0 Å². The minimum atomic E-state index is -0.139. The Morgan fingerprint density at radius 2 is 2.42 bits per heavy atom. The van der Waals surface area contributed by atoms with Crippen molar-refractivity contribution < 1.29 is 13.9 Å². The van der Waals surface area contributed by atoms with Crippen LogP contribution in [0.1, 0.15) is 21.9 Å². The molecule has 0 fully saturated rings. The highest BCUT2D eigenvalue weighted by molar-refractivity contribution is 5.93. The number of amides is 1. The fraction of sp³-hybridized carbons (Fsp3) is 0.385. The van der Waals surface area contributed by atoms with Crippen LogP contribution >= 0.6 is 0 Å². The Bertz CT molecular complexity index is 531. The molecule has 0 spiro atoms. The summed E-state index contributed by atoms with van der Waals surface area (Å²) in [7, 11) is 1.63. The topological polar surface area (TPSA) is 69.3 Å². The van der Waals surface area contributed by atoms with E-state index in [-0.39, 0.29) is 5.91 Å². The molecule has 6 heteroatoms. The molecule has 0 atom stereocenters. The highest BCUT2D eigenvalue weighted by Crippen LogP contribution is 2.05. The Morgan fingerprint density at radius 1 is 1.58 bits per heavy atom. The molecule has 0 radical (unpaired) electrons. The predicted octanol–water partition coefficient (Wildman–Crippen LogP) is 1.36. The summed E-state index contributed by atoms with van der Waals surface area (Å²) >= 11 is 0. The van der Waals surface area contributed by atoms with Gasteiger partial charge < -0.3 is 19.0 Å². The van der Waals surface area contributed by atoms with Gasteiger partial charge in [-0.3, -0.25) is 4.79 Å². The minimum Gasteiger partial charge on any atom is -0.472 e. The van der Waals surface area contributed by atoms with Crippen LogP contribution in [0.15, 0.2) is 29.2 Å². The summed E-state index contributed by atoms with van der Waals surface area (Å²) in [6.45, 7) is 3.62. The van der Waals surface area contributed by atoms with Gasteiger partial charge in [-0.05, 0) is 13.0 Å². The first-order valence-corrected chi connectivity index (χ1v) is 6.02. The van der Waals surface area contributed by atoms with E-state index in [9.17, 15) is 4.79 Å². The van der Waals surface area contributed by atoms with Crippen LogP contribution in [-0.4, -0.2) is 29.1 Å². The number of methoxy groups -OCH3 is 1. The van der Waals surface area contributed by atoms with E-state index in [2.05, 4.69) is 10.3 Å². The quantitative estimate of drug-likeness (QED) is 0.854. The van der Waals surface area contributed by atoms with Crippen molar-refractivity contribution in [2.45, 2.75) is 20.1 Å². The normalized spacial score (nSPS) is 10.6. The molecule has 0 aromatic carbocycles. The number of hydrogen-bond donors (Lipinski definition) is 1. The number of carbonyl (C=O) groups excluding carboxylic acids is 1. The second-order valence-electron chi connectivity index (χ2n) is 4.17. The van der Waals surface area contributed by atoms with Crippen molar-refractivity contribution in [2.75, 3.05) is 13.7 Å². The third-order valence-electron chi connectivity index (χ3n) is 2.82. The summed E-state index contributed by atoms with van der Waals surface area (Å²) in [4.78, 5) is 16.0. The molecule has 2 aromatic rings. The molecule has 0 aliphatic heterocycles. The molecular weight excluding hydrogens is 246 g/mol. The summed E-state index contributed by atoms with van der Waals surface area (Å²) in [5.74, 6) is 0.720. The van der Waals surface area contributed by atoms with Crippen molar-refractivity contribution in [3.63, 3.8) is 0 Å². The molecule has 0 saturated heterocycles. The third kappa shape index (κ3) is 3.23. The number of aryl methyl sites for hydroxylation is 1. The molecule has 2 rings (SSSR count). The molecule has 0 aliphatic rings. The number of imidazole rings is 1. The van der Waals surface area contributed by atoms with Gasteiger partial charge in [0.25, 0.3) is 5.91 Å². The van der Waals surface area contributed by atoms with Gasteiger partial charge in [0.1, 0.15) is 18.7 Å². The SMILES string of the molecule is COCc1ncc(C)n1CCNC(=O)c1ccoc1.